The van der Waals surface area contributed by atoms with E-state index in [1.54, 1.807) is 48.5 Å². The van der Waals surface area contributed by atoms with Crippen LogP contribution in [0.25, 0.3) is 0 Å². The maximum absolute atomic E-state index is 12.6. The van der Waals surface area contributed by atoms with Crippen molar-refractivity contribution >= 4 is 17.4 Å². The van der Waals surface area contributed by atoms with Crippen LogP contribution < -0.4 is 10.1 Å². The molecule has 2 N–H and O–H groups in total. The van der Waals surface area contributed by atoms with Crippen LogP contribution in [0.15, 0.2) is 78.9 Å². The van der Waals surface area contributed by atoms with Gasteiger partial charge in [-0.15, -0.1) is 0 Å². The first kappa shape index (κ1) is 25.2. The Balaban J connectivity index is 1.32. The minimum Gasteiger partial charge on any atom is -0.494 e. The third kappa shape index (κ3) is 8.16. The molecule has 0 fully saturated rings. The second-order valence-corrected chi connectivity index (χ2v) is 8.31. The Bertz CT molecular complexity index is 1030. The molecule has 0 aliphatic carbocycles. The first-order valence-corrected chi connectivity index (χ1v) is 12.0. The average molecular weight is 460 g/mol. The van der Waals surface area contributed by atoms with Crippen LogP contribution in [0, 0.1) is 0 Å². The second-order valence-electron chi connectivity index (χ2n) is 8.31. The molecular formula is C29H33NO4. The van der Waals surface area contributed by atoms with Crippen LogP contribution in [0.3, 0.4) is 0 Å². The number of para-hydroxylation sites is 1. The van der Waals surface area contributed by atoms with E-state index in [9.17, 15) is 9.59 Å². The molecule has 1 amide bonds. The van der Waals surface area contributed by atoms with Crippen molar-refractivity contribution in [1.29, 1.82) is 0 Å². The number of rotatable bonds is 14. The summed E-state index contributed by atoms with van der Waals surface area (Å²) < 4.78 is 5.81. The summed E-state index contributed by atoms with van der Waals surface area (Å²) in [6.45, 7) is 0.0549. The number of carbonyl (C=O) groups excluding carboxylic acids is 2. The van der Waals surface area contributed by atoms with E-state index in [1.165, 1.54) is 31.2 Å². The van der Waals surface area contributed by atoms with Gasteiger partial charge in [-0.25, -0.2) is 0 Å². The quantitative estimate of drug-likeness (QED) is 0.226. The highest BCUT2D eigenvalue weighted by atomic mass is 16.5. The number of benzene rings is 3. The minimum absolute atomic E-state index is 0.287. The largest absolute Gasteiger partial charge is 0.494 e. The Labute approximate surface area is 201 Å². The van der Waals surface area contributed by atoms with E-state index in [4.69, 9.17) is 9.84 Å². The van der Waals surface area contributed by atoms with Gasteiger partial charge < -0.3 is 15.2 Å². The zero-order chi connectivity index (χ0) is 24.0. The zero-order valence-corrected chi connectivity index (χ0v) is 19.5. The van der Waals surface area contributed by atoms with Gasteiger partial charge in [-0.3, -0.25) is 9.59 Å². The fourth-order valence-corrected chi connectivity index (χ4v) is 3.79. The van der Waals surface area contributed by atoms with Crippen molar-refractivity contribution < 1.29 is 19.4 Å². The lowest BCUT2D eigenvalue weighted by Gasteiger charge is -2.10. The highest BCUT2D eigenvalue weighted by Gasteiger charge is 2.13. The summed E-state index contributed by atoms with van der Waals surface area (Å²) in [6, 6.07) is 24.2. The summed E-state index contributed by atoms with van der Waals surface area (Å²) in [7, 11) is 0. The van der Waals surface area contributed by atoms with Crippen molar-refractivity contribution in [2.45, 2.75) is 44.9 Å². The molecule has 0 unspecified atom stereocenters. The number of ketones is 1. The van der Waals surface area contributed by atoms with Crippen molar-refractivity contribution in [3.63, 3.8) is 0 Å². The monoisotopic (exact) mass is 459 g/mol. The van der Waals surface area contributed by atoms with Gasteiger partial charge >= 0.3 is 0 Å². The molecule has 0 aromatic heterocycles. The molecule has 3 rings (SSSR count). The molecule has 0 saturated heterocycles. The van der Waals surface area contributed by atoms with Crippen molar-refractivity contribution in [2.24, 2.45) is 0 Å². The summed E-state index contributed by atoms with van der Waals surface area (Å²) in [5.74, 6) is -0.0286. The number of nitrogens with one attached hydrogen (secondary N) is 1. The molecule has 3 aromatic carbocycles. The van der Waals surface area contributed by atoms with Gasteiger partial charge in [0, 0.05) is 11.1 Å². The van der Waals surface area contributed by atoms with Gasteiger partial charge in [-0.05, 0) is 61.2 Å². The van der Waals surface area contributed by atoms with E-state index in [2.05, 4.69) is 35.6 Å². The highest BCUT2D eigenvalue weighted by Crippen LogP contribution is 2.19. The molecule has 0 atom stereocenters. The number of ether oxygens (including phenoxy) is 1. The predicted octanol–water partition coefficient (Wildman–Crippen LogP) is 6.08. The molecule has 0 radical (unpaired) electrons. The molecule has 0 aliphatic rings. The van der Waals surface area contributed by atoms with Crippen molar-refractivity contribution in [3.8, 4) is 5.75 Å². The van der Waals surface area contributed by atoms with Crippen LogP contribution in [-0.4, -0.2) is 30.0 Å². The molecule has 34 heavy (non-hydrogen) atoms. The van der Waals surface area contributed by atoms with Crippen LogP contribution >= 0.6 is 0 Å². The summed E-state index contributed by atoms with van der Waals surface area (Å²) in [5.41, 5.74) is 2.55. The van der Waals surface area contributed by atoms with Crippen LogP contribution in [0.1, 0.15) is 64.8 Å². The predicted molar refractivity (Wildman–Crippen MR) is 136 cm³/mol. The van der Waals surface area contributed by atoms with Gasteiger partial charge in [0.15, 0.2) is 5.78 Å². The fourth-order valence-electron chi connectivity index (χ4n) is 3.79. The SMILES string of the molecule is O=C(Nc1ccccc1C(=O)CO)c1ccc(OCCCCCCCCc2ccccc2)cc1. The van der Waals surface area contributed by atoms with Crippen molar-refractivity contribution in [3.05, 3.63) is 95.6 Å². The van der Waals surface area contributed by atoms with Crippen LogP contribution in [0.2, 0.25) is 0 Å². The molecule has 3 aromatic rings. The summed E-state index contributed by atoms with van der Waals surface area (Å²) >= 11 is 0. The number of amides is 1. The molecule has 0 heterocycles. The summed E-state index contributed by atoms with van der Waals surface area (Å²) in [5, 5.41) is 11.9. The smallest absolute Gasteiger partial charge is 0.255 e. The maximum atomic E-state index is 12.6. The van der Waals surface area contributed by atoms with Crippen molar-refractivity contribution in [1.82, 2.24) is 0 Å². The molecule has 0 bridgehead atoms. The first-order valence-electron chi connectivity index (χ1n) is 12.0. The highest BCUT2D eigenvalue weighted by molar-refractivity contribution is 6.09. The number of unbranched alkanes of at least 4 members (excludes halogenated alkanes) is 5. The van der Waals surface area contributed by atoms with Crippen LogP contribution in [-0.2, 0) is 6.42 Å². The Morgan fingerprint density at radius 2 is 1.38 bits per heavy atom. The normalized spacial score (nSPS) is 10.6. The lowest BCUT2D eigenvalue weighted by atomic mass is 10.1. The Kier molecular flexibility index (Phi) is 10.3. The van der Waals surface area contributed by atoms with Gasteiger partial charge in [0.05, 0.1) is 12.3 Å². The number of aliphatic hydroxyl groups excluding tert-OH is 1. The second kappa shape index (κ2) is 14.0. The summed E-state index contributed by atoms with van der Waals surface area (Å²) in [4.78, 5) is 24.4. The van der Waals surface area contributed by atoms with E-state index in [0.29, 0.717) is 17.9 Å². The lowest BCUT2D eigenvalue weighted by molar-refractivity contribution is 0.0904. The number of carbonyl (C=O) groups is 2. The number of hydrogen-bond donors (Lipinski definition) is 2. The molecular weight excluding hydrogens is 426 g/mol. The molecule has 5 heteroatoms. The van der Waals surface area contributed by atoms with Gasteiger partial charge in [0.1, 0.15) is 12.4 Å². The number of aryl methyl sites for hydroxylation is 1. The standard InChI is InChI=1S/C29H33NO4/c31-22-28(32)26-15-9-10-16-27(26)30-29(33)24-17-19-25(20-18-24)34-21-11-4-2-1-3-6-12-23-13-7-5-8-14-23/h5,7-10,13-20,31H,1-4,6,11-12,21-22H2,(H,30,33). The molecule has 0 spiro atoms. The fraction of sp³-hybridized carbons (Fsp3) is 0.310. The average Bonchev–Trinajstić information content (AvgIpc) is 2.88. The third-order valence-corrected chi connectivity index (χ3v) is 5.71. The molecule has 0 saturated carbocycles. The van der Waals surface area contributed by atoms with E-state index >= 15 is 0 Å². The minimum atomic E-state index is -0.604. The Morgan fingerprint density at radius 1 is 0.735 bits per heavy atom. The maximum Gasteiger partial charge on any atom is 0.255 e. The number of hydrogen-bond acceptors (Lipinski definition) is 4. The number of Topliss-reactive ketones (excluding diaryl/α,β-unsaturated/α-hetero) is 1. The lowest BCUT2D eigenvalue weighted by Crippen LogP contribution is -2.16. The van der Waals surface area contributed by atoms with E-state index < -0.39 is 12.4 Å². The molecule has 178 valence electrons. The number of anilines is 1. The summed E-state index contributed by atoms with van der Waals surface area (Å²) in [6.07, 6.45) is 8.29. The third-order valence-electron chi connectivity index (χ3n) is 5.71. The van der Waals surface area contributed by atoms with Gasteiger partial charge in [-0.2, -0.15) is 0 Å². The van der Waals surface area contributed by atoms with E-state index in [-0.39, 0.29) is 11.5 Å². The molecule has 0 aliphatic heterocycles. The molecule has 5 nitrogen and oxygen atoms in total. The van der Waals surface area contributed by atoms with Gasteiger partial charge in [-0.1, -0.05) is 68.1 Å². The van der Waals surface area contributed by atoms with E-state index in [1.807, 2.05) is 0 Å². The van der Waals surface area contributed by atoms with Crippen LogP contribution in [0.4, 0.5) is 5.69 Å². The first-order chi connectivity index (χ1) is 16.7. The number of aliphatic hydroxyl groups is 1. The van der Waals surface area contributed by atoms with Crippen molar-refractivity contribution in [2.75, 3.05) is 18.5 Å². The zero-order valence-electron chi connectivity index (χ0n) is 19.5. The topological polar surface area (TPSA) is 75.6 Å². The van der Waals surface area contributed by atoms with Crippen LogP contribution in [0.5, 0.6) is 5.75 Å². The van der Waals surface area contributed by atoms with Gasteiger partial charge in [0.25, 0.3) is 5.91 Å². The van der Waals surface area contributed by atoms with Gasteiger partial charge in [0.2, 0.25) is 0 Å². The Morgan fingerprint density at radius 3 is 2.12 bits per heavy atom. The van der Waals surface area contributed by atoms with E-state index in [0.717, 1.165) is 25.0 Å². The Hall–Kier alpha value is -3.44.